The Morgan fingerprint density at radius 2 is 1.81 bits per heavy atom. The zero-order chi connectivity index (χ0) is 21.7. The van der Waals surface area contributed by atoms with Gasteiger partial charge in [0, 0.05) is 22.9 Å². The molecule has 0 unspecified atom stereocenters. The summed E-state index contributed by atoms with van der Waals surface area (Å²) in [5, 5.41) is 2.79. The van der Waals surface area contributed by atoms with Crippen molar-refractivity contribution in [3.05, 3.63) is 101 Å². The molecule has 6 heteroatoms. The number of pyridine rings is 1. The number of hydrogen-bond donors (Lipinski definition) is 1. The first-order valence-electron chi connectivity index (χ1n) is 9.83. The van der Waals surface area contributed by atoms with E-state index in [0.29, 0.717) is 16.8 Å². The fourth-order valence-corrected chi connectivity index (χ4v) is 3.30. The summed E-state index contributed by atoms with van der Waals surface area (Å²) in [6.45, 7) is 0.111. The van der Waals surface area contributed by atoms with Gasteiger partial charge in [0.2, 0.25) is 0 Å². The molecule has 1 aromatic heterocycles. The SMILES string of the molecule is O=C(NCc1cc(C#Cc2ccccc2)ccn1)c1cccc(C2(C(F)F)COC2)c1. The lowest BCUT2D eigenvalue weighted by atomic mass is 9.78. The van der Waals surface area contributed by atoms with Gasteiger partial charge in [0.15, 0.2) is 0 Å². The van der Waals surface area contributed by atoms with Gasteiger partial charge in [-0.1, -0.05) is 42.2 Å². The summed E-state index contributed by atoms with van der Waals surface area (Å²) in [6, 6.07) is 19.6. The topological polar surface area (TPSA) is 51.2 Å². The molecule has 31 heavy (non-hydrogen) atoms. The van der Waals surface area contributed by atoms with Crippen molar-refractivity contribution in [1.82, 2.24) is 10.3 Å². The first-order valence-corrected chi connectivity index (χ1v) is 9.83. The molecule has 1 aliphatic heterocycles. The molecule has 2 heterocycles. The second-order valence-electron chi connectivity index (χ2n) is 7.36. The van der Waals surface area contributed by atoms with Gasteiger partial charge >= 0.3 is 0 Å². The van der Waals surface area contributed by atoms with E-state index >= 15 is 0 Å². The van der Waals surface area contributed by atoms with Crippen LogP contribution in [0.2, 0.25) is 0 Å². The molecule has 3 aromatic rings. The van der Waals surface area contributed by atoms with Gasteiger partial charge in [0.25, 0.3) is 12.3 Å². The smallest absolute Gasteiger partial charge is 0.252 e. The number of nitrogens with one attached hydrogen (secondary N) is 1. The number of nitrogens with zero attached hydrogens (tertiary/aromatic N) is 1. The van der Waals surface area contributed by atoms with Gasteiger partial charge in [-0.15, -0.1) is 0 Å². The standard InChI is InChI=1S/C25H20F2N2O2/c26-24(27)25(16-31-17-25)21-8-4-7-20(14-21)23(30)29-15-22-13-19(11-12-28-22)10-9-18-5-2-1-3-6-18/h1-8,11-14,24H,15-17H2,(H,29,30). The molecule has 0 aliphatic carbocycles. The molecule has 156 valence electrons. The van der Waals surface area contributed by atoms with E-state index in [1.807, 2.05) is 36.4 Å². The minimum atomic E-state index is -2.55. The quantitative estimate of drug-likeness (QED) is 0.639. The average Bonchev–Trinajstić information content (AvgIpc) is 2.76. The second kappa shape index (κ2) is 9.07. The number of hydrogen-bond acceptors (Lipinski definition) is 3. The van der Waals surface area contributed by atoms with Crippen molar-refractivity contribution in [1.29, 1.82) is 0 Å². The lowest BCUT2D eigenvalue weighted by molar-refractivity contribution is -0.133. The fourth-order valence-electron chi connectivity index (χ4n) is 3.30. The molecule has 1 saturated heterocycles. The van der Waals surface area contributed by atoms with Crippen LogP contribution in [0.1, 0.15) is 32.7 Å². The van der Waals surface area contributed by atoms with Crippen LogP contribution < -0.4 is 5.32 Å². The highest BCUT2D eigenvalue weighted by Crippen LogP contribution is 2.38. The lowest BCUT2D eigenvalue weighted by Gasteiger charge is -2.41. The van der Waals surface area contributed by atoms with E-state index < -0.39 is 11.8 Å². The highest BCUT2D eigenvalue weighted by Gasteiger charge is 2.48. The molecule has 1 N–H and O–H groups in total. The monoisotopic (exact) mass is 418 g/mol. The summed E-state index contributed by atoms with van der Waals surface area (Å²) < 4.78 is 32.1. The van der Waals surface area contributed by atoms with Crippen molar-refractivity contribution in [3.63, 3.8) is 0 Å². The van der Waals surface area contributed by atoms with Crippen molar-refractivity contribution < 1.29 is 18.3 Å². The van der Waals surface area contributed by atoms with Crippen molar-refractivity contribution >= 4 is 5.91 Å². The number of alkyl halides is 2. The lowest BCUT2D eigenvalue weighted by Crippen LogP contribution is -2.52. The largest absolute Gasteiger partial charge is 0.379 e. The van der Waals surface area contributed by atoms with E-state index in [9.17, 15) is 13.6 Å². The van der Waals surface area contributed by atoms with Crippen molar-refractivity contribution in [2.45, 2.75) is 18.4 Å². The predicted octanol–water partition coefficient (Wildman–Crippen LogP) is 3.94. The second-order valence-corrected chi connectivity index (χ2v) is 7.36. The van der Waals surface area contributed by atoms with Crippen molar-refractivity contribution in [2.24, 2.45) is 0 Å². The number of amides is 1. The highest BCUT2D eigenvalue weighted by atomic mass is 19.3. The van der Waals surface area contributed by atoms with Crippen LogP contribution in [0.25, 0.3) is 0 Å². The van der Waals surface area contributed by atoms with E-state index in [-0.39, 0.29) is 25.7 Å². The Labute approximate surface area is 179 Å². The maximum atomic E-state index is 13.5. The molecule has 0 atom stereocenters. The maximum absolute atomic E-state index is 13.5. The third kappa shape index (κ3) is 4.62. The Kier molecular flexibility index (Phi) is 6.06. The molecule has 1 aliphatic rings. The third-order valence-electron chi connectivity index (χ3n) is 5.21. The van der Waals surface area contributed by atoms with Gasteiger partial charge in [-0.05, 0) is 42.0 Å². The summed E-state index contributed by atoms with van der Waals surface area (Å²) in [7, 11) is 0. The number of ether oxygens (including phenoxy) is 1. The maximum Gasteiger partial charge on any atom is 0.252 e. The van der Waals surface area contributed by atoms with Gasteiger partial charge in [-0.3, -0.25) is 9.78 Å². The van der Waals surface area contributed by atoms with Crippen LogP contribution in [0, 0.1) is 11.8 Å². The Bertz CT molecular complexity index is 1130. The highest BCUT2D eigenvalue weighted by molar-refractivity contribution is 5.94. The molecule has 4 rings (SSSR count). The summed E-state index contributed by atoms with van der Waals surface area (Å²) >= 11 is 0. The third-order valence-corrected chi connectivity index (χ3v) is 5.21. The minimum absolute atomic E-state index is 0.0452. The van der Waals surface area contributed by atoms with E-state index in [0.717, 1.165) is 11.1 Å². The zero-order valence-electron chi connectivity index (χ0n) is 16.6. The van der Waals surface area contributed by atoms with Gasteiger partial charge in [0.1, 0.15) is 5.41 Å². The molecule has 0 radical (unpaired) electrons. The minimum Gasteiger partial charge on any atom is -0.379 e. The first-order chi connectivity index (χ1) is 15.1. The summed E-state index contributed by atoms with van der Waals surface area (Å²) in [5.41, 5.74) is 1.76. The molecule has 0 bridgehead atoms. The van der Waals surface area contributed by atoms with Gasteiger partial charge in [-0.2, -0.15) is 0 Å². The van der Waals surface area contributed by atoms with Crippen molar-refractivity contribution in [2.75, 3.05) is 13.2 Å². The summed E-state index contributed by atoms with van der Waals surface area (Å²) in [4.78, 5) is 16.8. The normalized spacial score (nSPS) is 14.3. The van der Waals surface area contributed by atoms with Crippen LogP contribution in [0.4, 0.5) is 8.78 Å². The number of benzene rings is 2. The molecule has 1 amide bonds. The Balaban J connectivity index is 1.43. The molecule has 4 nitrogen and oxygen atoms in total. The number of carbonyl (C=O) groups excluding carboxylic acids is 1. The summed E-state index contributed by atoms with van der Waals surface area (Å²) in [5.74, 6) is 5.81. The van der Waals surface area contributed by atoms with Crippen LogP contribution >= 0.6 is 0 Å². The molecular formula is C25H20F2N2O2. The van der Waals surface area contributed by atoms with E-state index in [2.05, 4.69) is 22.1 Å². The van der Waals surface area contributed by atoms with Gasteiger partial charge in [0.05, 0.1) is 25.5 Å². The molecule has 0 saturated carbocycles. The fraction of sp³-hybridized carbons (Fsp3) is 0.200. The molecule has 1 fully saturated rings. The Morgan fingerprint density at radius 3 is 2.52 bits per heavy atom. The van der Waals surface area contributed by atoms with Crippen LogP contribution in [-0.4, -0.2) is 30.5 Å². The zero-order valence-corrected chi connectivity index (χ0v) is 16.6. The van der Waals surface area contributed by atoms with Crippen molar-refractivity contribution in [3.8, 4) is 11.8 Å². The average molecular weight is 418 g/mol. The number of rotatable bonds is 5. The predicted molar refractivity (Wildman–Crippen MR) is 113 cm³/mol. The Morgan fingerprint density at radius 1 is 1.03 bits per heavy atom. The number of carbonyl (C=O) groups is 1. The molecule has 0 spiro atoms. The van der Waals surface area contributed by atoms with Crippen LogP contribution in [0.15, 0.2) is 72.9 Å². The number of halogens is 2. The molecule has 2 aromatic carbocycles. The van der Waals surface area contributed by atoms with E-state index in [1.165, 1.54) is 6.07 Å². The van der Waals surface area contributed by atoms with Crippen LogP contribution in [0.3, 0.4) is 0 Å². The van der Waals surface area contributed by atoms with Crippen LogP contribution in [0.5, 0.6) is 0 Å². The van der Waals surface area contributed by atoms with Gasteiger partial charge < -0.3 is 10.1 Å². The first kappa shape index (κ1) is 20.7. The Hall–Kier alpha value is -3.56. The number of aromatic nitrogens is 1. The van der Waals surface area contributed by atoms with E-state index in [4.69, 9.17) is 4.74 Å². The molecular weight excluding hydrogens is 398 g/mol. The van der Waals surface area contributed by atoms with Gasteiger partial charge in [-0.25, -0.2) is 8.78 Å². The van der Waals surface area contributed by atoms with E-state index in [1.54, 1.807) is 30.5 Å². The summed E-state index contributed by atoms with van der Waals surface area (Å²) in [6.07, 6.45) is -0.913. The van der Waals surface area contributed by atoms with Crippen LogP contribution in [-0.2, 0) is 16.7 Å².